The molecule has 3 aromatic carbocycles. The van der Waals surface area contributed by atoms with E-state index < -0.39 is 17.7 Å². The standard InChI is InChI=1S/C24H20Cl2N4O4/c25-18-10-19(26)12-20(11-18)29-22(31)15-34-21-9-5-4-8-17(21)14-28-30-24(33)23(32)27-13-16-6-2-1-3-7-16/h1-12,14H,13,15H2,(H,27,32)(H,29,31)(H,30,33)/b28-14-. The number of nitrogens with zero attached hydrogens (tertiary/aromatic N) is 1. The first-order chi connectivity index (χ1) is 16.4. The summed E-state index contributed by atoms with van der Waals surface area (Å²) in [6.45, 7) is -0.0693. The van der Waals surface area contributed by atoms with Crippen molar-refractivity contribution < 1.29 is 19.1 Å². The number of rotatable bonds is 8. The van der Waals surface area contributed by atoms with Crippen molar-refractivity contribution >= 4 is 52.8 Å². The van der Waals surface area contributed by atoms with E-state index in [0.717, 1.165) is 5.56 Å². The summed E-state index contributed by atoms with van der Waals surface area (Å²) in [7, 11) is 0. The normalized spacial score (nSPS) is 10.5. The third kappa shape index (κ3) is 7.91. The van der Waals surface area contributed by atoms with E-state index in [0.29, 0.717) is 27.0 Å². The number of nitrogens with one attached hydrogen (secondary N) is 3. The quantitative estimate of drug-likeness (QED) is 0.249. The minimum absolute atomic E-state index is 0.219. The molecule has 0 aliphatic rings. The summed E-state index contributed by atoms with van der Waals surface area (Å²) in [5, 5.41) is 9.72. The van der Waals surface area contributed by atoms with Gasteiger partial charge in [0.2, 0.25) is 0 Å². The molecule has 0 heterocycles. The maximum atomic E-state index is 12.2. The Kier molecular flexibility index (Phi) is 9.02. The summed E-state index contributed by atoms with van der Waals surface area (Å²) >= 11 is 11.9. The van der Waals surface area contributed by atoms with Gasteiger partial charge in [0, 0.05) is 27.8 Å². The zero-order valence-corrected chi connectivity index (χ0v) is 19.3. The fraction of sp³-hybridized carbons (Fsp3) is 0.0833. The number of carbonyl (C=O) groups is 3. The monoisotopic (exact) mass is 498 g/mol. The maximum absolute atomic E-state index is 12.2. The molecule has 174 valence electrons. The van der Waals surface area contributed by atoms with Crippen LogP contribution in [0.3, 0.4) is 0 Å². The molecule has 3 N–H and O–H groups in total. The number of benzene rings is 3. The summed E-state index contributed by atoms with van der Waals surface area (Å²) in [5.41, 5.74) is 3.95. The molecule has 0 saturated carbocycles. The minimum Gasteiger partial charge on any atom is -0.483 e. The van der Waals surface area contributed by atoms with Crippen LogP contribution >= 0.6 is 23.2 Å². The van der Waals surface area contributed by atoms with Crippen molar-refractivity contribution in [2.24, 2.45) is 5.10 Å². The summed E-state index contributed by atoms with van der Waals surface area (Å²) in [6, 6.07) is 20.6. The van der Waals surface area contributed by atoms with Crippen LogP contribution in [0.25, 0.3) is 0 Å². The molecule has 3 amide bonds. The lowest BCUT2D eigenvalue weighted by atomic mass is 10.2. The Bertz CT molecular complexity index is 1180. The van der Waals surface area contributed by atoms with Gasteiger partial charge in [0.25, 0.3) is 5.91 Å². The third-order valence-corrected chi connectivity index (χ3v) is 4.73. The SMILES string of the molecule is O=C(COc1ccccc1/C=N\NC(=O)C(=O)NCc1ccccc1)Nc1cc(Cl)cc(Cl)c1. The maximum Gasteiger partial charge on any atom is 0.329 e. The van der Waals surface area contributed by atoms with Gasteiger partial charge >= 0.3 is 11.8 Å². The zero-order chi connectivity index (χ0) is 24.3. The van der Waals surface area contributed by atoms with Gasteiger partial charge in [-0.05, 0) is 35.9 Å². The molecular formula is C24H20Cl2N4O4. The van der Waals surface area contributed by atoms with Crippen LogP contribution in [0.1, 0.15) is 11.1 Å². The fourth-order valence-electron chi connectivity index (χ4n) is 2.75. The smallest absolute Gasteiger partial charge is 0.329 e. The van der Waals surface area contributed by atoms with Crippen LogP contribution < -0.4 is 20.8 Å². The number of anilines is 1. The number of hydrogen-bond donors (Lipinski definition) is 3. The van der Waals surface area contributed by atoms with Gasteiger partial charge in [-0.25, -0.2) is 5.43 Å². The van der Waals surface area contributed by atoms with Crippen LogP contribution in [0.2, 0.25) is 10.0 Å². The summed E-state index contributed by atoms with van der Waals surface area (Å²) in [6.07, 6.45) is 1.31. The van der Waals surface area contributed by atoms with Crippen molar-refractivity contribution in [2.75, 3.05) is 11.9 Å². The van der Waals surface area contributed by atoms with Gasteiger partial charge in [0.15, 0.2) is 6.61 Å². The Morgan fingerprint density at radius 3 is 2.29 bits per heavy atom. The first kappa shape index (κ1) is 24.8. The molecule has 8 nitrogen and oxygen atoms in total. The number of para-hydroxylation sites is 1. The van der Waals surface area contributed by atoms with Crippen LogP contribution in [0, 0.1) is 0 Å². The Morgan fingerprint density at radius 2 is 1.56 bits per heavy atom. The van der Waals surface area contributed by atoms with Gasteiger partial charge in [-0.2, -0.15) is 5.10 Å². The van der Waals surface area contributed by atoms with E-state index in [4.69, 9.17) is 27.9 Å². The second kappa shape index (κ2) is 12.4. The van der Waals surface area contributed by atoms with Crippen LogP contribution in [0.15, 0.2) is 77.9 Å². The lowest BCUT2D eigenvalue weighted by Crippen LogP contribution is -2.37. The molecule has 10 heteroatoms. The Balaban J connectivity index is 1.50. The molecule has 0 atom stereocenters. The topological polar surface area (TPSA) is 109 Å². The highest BCUT2D eigenvalue weighted by Crippen LogP contribution is 2.22. The predicted octanol–water partition coefficient (Wildman–Crippen LogP) is 3.78. The van der Waals surface area contributed by atoms with Crippen LogP contribution in [-0.4, -0.2) is 30.5 Å². The van der Waals surface area contributed by atoms with Crippen molar-refractivity contribution in [1.29, 1.82) is 0 Å². The Hall–Kier alpha value is -3.88. The largest absolute Gasteiger partial charge is 0.483 e. The molecule has 0 unspecified atom stereocenters. The number of amides is 3. The first-order valence-electron chi connectivity index (χ1n) is 10.0. The summed E-state index contributed by atoms with van der Waals surface area (Å²) < 4.78 is 5.56. The fourth-order valence-corrected chi connectivity index (χ4v) is 3.28. The van der Waals surface area contributed by atoms with E-state index in [9.17, 15) is 14.4 Å². The van der Waals surface area contributed by atoms with Crippen molar-refractivity contribution in [3.8, 4) is 5.75 Å². The van der Waals surface area contributed by atoms with E-state index in [1.165, 1.54) is 6.21 Å². The van der Waals surface area contributed by atoms with Gasteiger partial charge in [-0.3, -0.25) is 14.4 Å². The van der Waals surface area contributed by atoms with Crippen LogP contribution in [0.4, 0.5) is 5.69 Å². The van der Waals surface area contributed by atoms with Gasteiger partial charge in [0.1, 0.15) is 5.75 Å². The molecule has 34 heavy (non-hydrogen) atoms. The second-order valence-corrected chi connectivity index (χ2v) is 7.77. The van der Waals surface area contributed by atoms with Crippen molar-refractivity contribution in [2.45, 2.75) is 6.54 Å². The van der Waals surface area contributed by atoms with E-state index in [1.807, 2.05) is 30.3 Å². The second-order valence-electron chi connectivity index (χ2n) is 6.90. The highest BCUT2D eigenvalue weighted by Gasteiger charge is 2.12. The van der Waals surface area contributed by atoms with Gasteiger partial charge in [0.05, 0.1) is 6.21 Å². The van der Waals surface area contributed by atoms with E-state index in [2.05, 4.69) is 21.2 Å². The molecule has 0 radical (unpaired) electrons. The molecule has 0 bridgehead atoms. The van der Waals surface area contributed by atoms with E-state index in [-0.39, 0.29) is 13.2 Å². The Labute approximate surface area is 205 Å². The molecule has 0 aliphatic carbocycles. The molecule has 3 aromatic rings. The molecule has 0 fully saturated rings. The van der Waals surface area contributed by atoms with Crippen LogP contribution in [0.5, 0.6) is 5.75 Å². The predicted molar refractivity (Wildman–Crippen MR) is 131 cm³/mol. The van der Waals surface area contributed by atoms with E-state index >= 15 is 0 Å². The highest BCUT2D eigenvalue weighted by molar-refractivity contribution is 6.35. The first-order valence-corrected chi connectivity index (χ1v) is 10.8. The van der Waals surface area contributed by atoms with Crippen molar-refractivity contribution in [1.82, 2.24) is 10.7 Å². The average Bonchev–Trinajstić information content (AvgIpc) is 2.81. The number of hydrogen-bond acceptors (Lipinski definition) is 5. The lowest BCUT2D eigenvalue weighted by molar-refractivity contribution is -0.139. The molecular weight excluding hydrogens is 479 g/mol. The Morgan fingerprint density at radius 1 is 0.882 bits per heavy atom. The van der Waals surface area contributed by atoms with E-state index in [1.54, 1.807) is 42.5 Å². The van der Waals surface area contributed by atoms with Crippen molar-refractivity contribution in [3.63, 3.8) is 0 Å². The molecule has 3 rings (SSSR count). The summed E-state index contributed by atoms with van der Waals surface area (Å²) in [4.78, 5) is 36.1. The van der Waals surface area contributed by atoms with Gasteiger partial charge in [-0.1, -0.05) is 65.7 Å². The minimum atomic E-state index is -0.912. The number of halogens is 2. The van der Waals surface area contributed by atoms with Crippen molar-refractivity contribution in [3.05, 3.63) is 94.0 Å². The van der Waals surface area contributed by atoms with Gasteiger partial charge in [-0.15, -0.1) is 0 Å². The van der Waals surface area contributed by atoms with Crippen LogP contribution in [-0.2, 0) is 20.9 Å². The highest BCUT2D eigenvalue weighted by atomic mass is 35.5. The molecule has 0 aromatic heterocycles. The van der Waals surface area contributed by atoms with Gasteiger partial charge < -0.3 is 15.4 Å². The lowest BCUT2D eigenvalue weighted by Gasteiger charge is -2.10. The third-order valence-electron chi connectivity index (χ3n) is 4.30. The molecule has 0 saturated heterocycles. The zero-order valence-electron chi connectivity index (χ0n) is 17.8. The number of hydrazone groups is 1. The molecule has 0 aliphatic heterocycles. The number of carbonyl (C=O) groups excluding carboxylic acids is 3. The number of ether oxygens (including phenoxy) is 1. The molecule has 0 spiro atoms. The summed E-state index contributed by atoms with van der Waals surface area (Å²) in [5.74, 6) is -1.80. The average molecular weight is 499 g/mol.